The number of carbonyl (C=O) groups excluding carboxylic acids is 1. The van der Waals surface area contributed by atoms with E-state index in [1.807, 2.05) is 30.3 Å². The van der Waals surface area contributed by atoms with Gasteiger partial charge in [-0.1, -0.05) is 30.3 Å². The van der Waals surface area contributed by atoms with Crippen molar-refractivity contribution in [2.24, 2.45) is 0 Å². The van der Waals surface area contributed by atoms with E-state index in [2.05, 4.69) is 0 Å². The molecule has 1 heterocycles. The lowest BCUT2D eigenvalue weighted by Crippen LogP contribution is -2.13. The lowest BCUT2D eigenvalue weighted by Gasteiger charge is -2.07. The Morgan fingerprint density at radius 2 is 1.86 bits per heavy atom. The van der Waals surface area contributed by atoms with Crippen LogP contribution in [0.2, 0.25) is 0 Å². The van der Waals surface area contributed by atoms with Crippen LogP contribution in [0, 0.1) is 11.6 Å². The number of rotatable bonds is 2. The van der Waals surface area contributed by atoms with E-state index >= 15 is 0 Å². The summed E-state index contributed by atoms with van der Waals surface area (Å²) in [6, 6.07) is 12.5. The minimum absolute atomic E-state index is 0.00876. The van der Waals surface area contributed by atoms with Gasteiger partial charge >= 0.3 is 6.09 Å². The van der Waals surface area contributed by atoms with E-state index in [-0.39, 0.29) is 12.1 Å². The third kappa shape index (κ3) is 2.63. The van der Waals surface area contributed by atoms with Gasteiger partial charge in [0.1, 0.15) is 12.4 Å². The fraction of sp³-hybridized carbons (Fsp3) is 0.0625. The van der Waals surface area contributed by atoms with E-state index in [0.717, 1.165) is 16.2 Å². The molecule has 3 nitrogen and oxygen atoms in total. The number of fused-ring (bicyclic) bond motifs is 1. The third-order valence-corrected chi connectivity index (χ3v) is 3.10. The molecule has 0 saturated carbocycles. The minimum Gasteiger partial charge on any atom is -0.444 e. The number of halogens is 2. The van der Waals surface area contributed by atoms with Gasteiger partial charge in [0, 0.05) is 17.6 Å². The van der Waals surface area contributed by atoms with E-state index in [9.17, 15) is 13.6 Å². The Hall–Kier alpha value is -2.69. The molecule has 0 saturated heterocycles. The predicted molar refractivity (Wildman–Crippen MR) is 73.9 cm³/mol. The smallest absolute Gasteiger partial charge is 0.418 e. The van der Waals surface area contributed by atoms with Crippen molar-refractivity contribution in [1.29, 1.82) is 0 Å². The van der Waals surface area contributed by atoms with Crippen LogP contribution >= 0.6 is 0 Å². The van der Waals surface area contributed by atoms with Crippen molar-refractivity contribution in [1.82, 2.24) is 4.57 Å². The second-order valence-electron chi connectivity index (χ2n) is 4.55. The van der Waals surface area contributed by atoms with Crippen LogP contribution in [0.4, 0.5) is 13.6 Å². The first-order chi connectivity index (χ1) is 10.1. The van der Waals surface area contributed by atoms with E-state index < -0.39 is 17.7 Å². The van der Waals surface area contributed by atoms with Crippen molar-refractivity contribution in [2.75, 3.05) is 0 Å². The number of hydrogen-bond donors (Lipinski definition) is 0. The predicted octanol–water partition coefficient (Wildman–Crippen LogP) is 4.10. The average Bonchev–Trinajstić information content (AvgIpc) is 2.90. The molecule has 0 atom stereocenters. The molecule has 21 heavy (non-hydrogen) atoms. The van der Waals surface area contributed by atoms with Gasteiger partial charge in [-0.25, -0.2) is 18.1 Å². The molecular formula is C16H11F2NO2. The standard InChI is InChI=1S/C16H11F2NO2/c17-13-8-12-6-7-19(15(12)14(18)9-13)16(20)21-10-11-4-2-1-3-5-11/h1-9H,10H2. The zero-order valence-electron chi connectivity index (χ0n) is 10.9. The molecule has 0 N–H and O–H groups in total. The number of hydrogen-bond acceptors (Lipinski definition) is 2. The number of aromatic nitrogens is 1. The van der Waals surface area contributed by atoms with Gasteiger partial charge in [-0.2, -0.15) is 0 Å². The summed E-state index contributed by atoms with van der Waals surface area (Å²) in [6.07, 6.45) is 0.653. The summed E-state index contributed by atoms with van der Waals surface area (Å²) in [5.41, 5.74) is 0.836. The molecule has 3 rings (SSSR count). The van der Waals surface area contributed by atoms with Crippen molar-refractivity contribution in [3.8, 4) is 0 Å². The van der Waals surface area contributed by atoms with Crippen LogP contribution < -0.4 is 0 Å². The van der Waals surface area contributed by atoms with Crippen LogP contribution in [0.25, 0.3) is 10.9 Å². The monoisotopic (exact) mass is 287 g/mol. The molecule has 0 aliphatic rings. The van der Waals surface area contributed by atoms with Gasteiger partial charge in [-0.05, 0) is 17.7 Å². The van der Waals surface area contributed by atoms with E-state index in [1.54, 1.807) is 0 Å². The van der Waals surface area contributed by atoms with Gasteiger partial charge in [-0.3, -0.25) is 0 Å². The first kappa shape index (κ1) is 13.3. The van der Waals surface area contributed by atoms with Gasteiger partial charge in [-0.15, -0.1) is 0 Å². The molecule has 2 aromatic carbocycles. The highest BCUT2D eigenvalue weighted by Crippen LogP contribution is 2.21. The Kier molecular flexibility index (Phi) is 3.39. The second kappa shape index (κ2) is 5.36. The Morgan fingerprint density at radius 3 is 2.62 bits per heavy atom. The molecule has 5 heteroatoms. The quantitative estimate of drug-likeness (QED) is 0.710. The summed E-state index contributed by atoms with van der Waals surface area (Å²) < 4.78 is 33.1. The SMILES string of the molecule is O=C(OCc1ccccc1)n1ccc2cc(F)cc(F)c21. The Labute approximate surface area is 119 Å². The molecule has 0 aliphatic carbocycles. The summed E-state index contributed by atoms with van der Waals surface area (Å²) in [5, 5.41) is 0.309. The second-order valence-corrected chi connectivity index (χ2v) is 4.55. The number of benzene rings is 2. The van der Waals surface area contributed by atoms with Crippen LogP contribution in [0.15, 0.2) is 54.7 Å². The molecular weight excluding hydrogens is 276 g/mol. The summed E-state index contributed by atoms with van der Waals surface area (Å²) in [4.78, 5) is 12.0. The van der Waals surface area contributed by atoms with Gasteiger partial charge in [0.2, 0.25) is 0 Å². The fourth-order valence-corrected chi connectivity index (χ4v) is 2.14. The molecule has 0 fully saturated rings. The molecule has 0 spiro atoms. The summed E-state index contributed by atoms with van der Waals surface area (Å²) >= 11 is 0. The van der Waals surface area contributed by atoms with Crippen molar-refractivity contribution in [3.63, 3.8) is 0 Å². The molecule has 0 unspecified atom stereocenters. The maximum atomic E-state index is 13.8. The Balaban J connectivity index is 1.85. The maximum Gasteiger partial charge on any atom is 0.418 e. The van der Waals surface area contributed by atoms with Gasteiger partial charge in [0.25, 0.3) is 0 Å². The Morgan fingerprint density at radius 1 is 1.10 bits per heavy atom. The lowest BCUT2D eigenvalue weighted by molar-refractivity contribution is 0.142. The average molecular weight is 287 g/mol. The summed E-state index contributed by atoms with van der Waals surface area (Å²) in [7, 11) is 0. The van der Waals surface area contributed by atoms with Crippen LogP contribution in [0.5, 0.6) is 0 Å². The number of ether oxygens (including phenoxy) is 1. The highest BCUT2D eigenvalue weighted by Gasteiger charge is 2.15. The van der Waals surface area contributed by atoms with Gasteiger partial charge < -0.3 is 4.74 Å². The van der Waals surface area contributed by atoms with Crippen molar-refractivity contribution >= 4 is 17.0 Å². The first-order valence-electron chi connectivity index (χ1n) is 6.32. The first-order valence-corrected chi connectivity index (χ1v) is 6.32. The fourth-order valence-electron chi connectivity index (χ4n) is 2.14. The largest absolute Gasteiger partial charge is 0.444 e. The van der Waals surface area contributed by atoms with Crippen molar-refractivity contribution in [2.45, 2.75) is 6.61 Å². The summed E-state index contributed by atoms with van der Waals surface area (Å²) in [5.74, 6) is -1.48. The molecule has 0 radical (unpaired) electrons. The van der Waals surface area contributed by atoms with E-state index in [0.29, 0.717) is 5.39 Å². The van der Waals surface area contributed by atoms with Crippen LogP contribution in [-0.4, -0.2) is 10.7 Å². The summed E-state index contributed by atoms with van der Waals surface area (Å²) in [6.45, 7) is 0.0855. The lowest BCUT2D eigenvalue weighted by atomic mass is 10.2. The zero-order valence-corrected chi connectivity index (χ0v) is 10.9. The topological polar surface area (TPSA) is 31.2 Å². The number of carbonyl (C=O) groups is 1. The molecule has 0 bridgehead atoms. The van der Waals surface area contributed by atoms with E-state index in [1.165, 1.54) is 18.3 Å². The van der Waals surface area contributed by atoms with Crippen LogP contribution in [0.3, 0.4) is 0 Å². The molecule has 0 amide bonds. The molecule has 1 aromatic heterocycles. The van der Waals surface area contributed by atoms with Crippen molar-refractivity contribution in [3.05, 3.63) is 71.9 Å². The molecule has 0 aliphatic heterocycles. The Bertz CT molecular complexity index is 797. The highest BCUT2D eigenvalue weighted by atomic mass is 19.1. The minimum atomic E-state index is -0.799. The van der Waals surface area contributed by atoms with Crippen LogP contribution in [0.1, 0.15) is 5.56 Å². The van der Waals surface area contributed by atoms with E-state index in [4.69, 9.17) is 4.74 Å². The normalized spacial score (nSPS) is 10.8. The number of nitrogens with zero attached hydrogens (tertiary/aromatic N) is 1. The zero-order chi connectivity index (χ0) is 14.8. The van der Waals surface area contributed by atoms with Crippen molar-refractivity contribution < 1.29 is 18.3 Å². The highest BCUT2D eigenvalue weighted by molar-refractivity contribution is 5.89. The third-order valence-electron chi connectivity index (χ3n) is 3.10. The van der Waals surface area contributed by atoms with Gasteiger partial charge in [0.05, 0.1) is 5.52 Å². The molecule has 106 valence electrons. The molecule has 3 aromatic rings. The maximum absolute atomic E-state index is 13.8. The van der Waals surface area contributed by atoms with Crippen LogP contribution in [-0.2, 0) is 11.3 Å². The van der Waals surface area contributed by atoms with Gasteiger partial charge in [0.15, 0.2) is 5.82 Å².